The van der Waals surface area contributed by atoms with Crippen molar-refractivity contribution in [3.05, 3.63) is 141 Å². The van der Waals surface area contributed by atoms with Crippen molar-refractivity contribution in [3.8, 4) is 62.6 Å². The van der Waals surface area contributed by atoms with Crippen molar-refractivity contribution >= 4 is 102 Å². The molecule has 6 aromatic heterocycles. The number of carbonyl (C=O) groups is 2. The van der Waals surface area contributed by atoms with Crippen molar-refractivity contribution in [1.82, 2.24) is 17.5 Å². The lowest BCUT2D eigenvalue weighted by Gasteiger charge is -2.38. The minimum atomic E-state index is -0.614. The molecule has 6 nitrogen and oxygen atoms in total. The fourth-order valence-corrected chi connectivity index (χ4v) is 15.6. The van der Waals surface area contributed by atoms with E-state index in [-0.39, 0.29) is 11.6 Å². The quantitative estimate of drug-likeness (QED) is 0.0708. The molecule has 3 aliphatic carbocycles. The van der Waals surface area contributed by atoms with Crippen molar-refractivity contribution in [2.24, 2.45) is 0 Å². The molecule has 0 fully saturated rings. The third-order valence-electron chi connectivity index (χ3n) is 13.7. The van der Waals surface area contributed by atoms with Gasteiger partial charge in [-0.15, -0.1) is 45.3 Å². The van der Waals surface area contributed by atoms with Crippen LogP contribution in [0.25, 0.3) is 84.7 Å². The van der Waals surface area contributed by atoms with Crippen LogP contribution in [0.15, 0.2) is 109 Å². The van der Waals surface area contributed by atoms with E-state index in [1.807, 2.05) is 22.7 Å². The van der Waals surface area contributed by atoms with Crippen LogP contribution >= 0.6 is 68.8 Å². The van der Waals surface area contributed by atoms with Crippen LogP contribution in [0.5, 0.6) is 0 Å². The number of aromatic nitrogens is 4. The smallest absolute Gasteiger partial charge is 0.211 e. The van der Waals surface area contributed by atoms with Crippen LogP contribution in [0.2, 0.25) is 0 Å². The Kier molecular flexibility index (Phi) is 12.0. The van der Waals surface area contributed by atoms with Gasteiger partial charge in [0.1, 0.15) is 22.1 Å². The highest BCUT2D eigenvalue weighted by atomic mass is 32.1. The van der Waals surface area contributed by atoms with Crippen LogP contribution in [0.3, 0.4) is 0 Å². The standard InChI is InChI=1S/C56H46N4O2S6/c1-3-5-7-9-11-33-15-23-45(63-33)37-19-21-39(53-51(37)57-67-59-53)47-27-25-43(65-47)31-13-17-35-41(29-31)49-36-18-14-32(30-42(36)50(35)56(62)55(49)61)44-26-28-48(66-44)40-22-20-38(52-54(40)60-68-58-52)46-24-16-34(64-46)12-10-8-6-4-2/h13-30,49-50H,3-12H2,1-2H3. The highest BCUT2D eigenvalue weighted by Gasteiger charge is 2.49. The number of hydrogen-bond acceptors (Lipinski definition) is 12. The molecule has 0 N–H and O–H groups in total. The average molecular weight is 999 g/mol. The fraction of sp³-hybridized carbons (Fsp3) is 0.250. The highest BCUT2D eigenvalue weighted by molar-refractivity contribution is 7.19. The van der Waals surface area contributed by atoms with Crippen LogP contribution in [-0.2, 0) is 22.4 Å². The Morgan fingerprint density at radius 1 is 0.382 bits per heavy atom. The summed E-state index contributed by atoms with van der Waals surface area (Å²) in [5.74, 6) is -1.85. The van der Waals surface area contributed by atoms with Gasteiger partial charge in [0.05, 0.1) is 35.3 Å². The molecule has 338 valence electrons. The monoisotopic (exact) mass is 998 g/mol. The molecule has 2 unspecified atom stereocenters. The van der Waals surface area contributed by atoms with Gasteiger partial charge in [0.2, 0.25) is 11.6 Å². The van der Waals surface area contributed by atoms with Crippen LogP contribution in [0.1, 0.15) is 109 Å². The number of fused-ring (bicyclic) bond motifs is 3. The molecular formula is C56H46N4O2S6. The second kappa shape index (κ2) is 18.5. The van der Waals surface area contributed by atoms with Crippen LogP contribution in [0.4, 0.5) is 0 Å². The number of hydrogen-bond donors (Lipinski definition) is 0. The molecule has 0 aliphatic heterocycles. The van der Waals surface area contributed by atoms with E-state index in [4.69, 9.17) is 17.5 Å². The van der Waals surface area contributed by atoms with Gasteiger partial charge in [-0.1, -0.05) is 101 Å². The summed E-state index contributed by atoms with van der Waals surface area (Å²) < 4.78 is 19.2. The molecule has 6 heterocycles. The predicted octanol–water partition coefficient (Wildman–Crippen LogP) is 16.9. The maximum atomic E-state index is 13.9. The number of nitrogens with zero attached hydrogens (tertiary/aromatic N) is 4. The van der Waals surface area contributed by atoms with Crippen LogP contribution in [-0.4, -0.2) is 29.1 Å². The minimum absolute atomic E-state index is 0.312. The summed E-state index contributed by atoms with van der Waals surface area (Å²) in [5.41, 5.74) is 14.0. The molecule has 0 saturated carbocycles. The molecule has 0 radical (unpaired) electrons. The Morgan fingerprint density at radius 2 is 0.750 bits per heavy atom. The summed E-state index contributed by atoms with van der Waals surface area (Å²) in [6.45, 7) is 4.51. The Bertz CT molecular complexity index is 3310. The maximum Gasteiger partial charge on any atom is 0.211 e. The van der Waals surface area contributed by atoms with Gasteiger partial charge < -0.3 is 0 Å². The lowest BCUT2D eigenvalue weighted by Crippen LogP contribution is -2.40. The topological polar surface area (TPSA) is 85.7 Å². The fourth-order valence-electron chi connectivity index (χ4n) is 10.2. The number of ketones is 2. The Hall–Kier alpha value is -5.34. The summed E-state index contributed by atoms with van der Waals surface area (Å²) in [6.07, 6.45) is 12.4. The van der Waals surface area contributed by atoms with Crippen molar-refractivity contribution in [2.45, 2.75) is 89.9 Å². The van der Waals surface area contributed by atoms with Crippen molar-refractivity contribution in [2.75, 3.05) is 0 Å². The van der Waals surface area contributed by atoms with Gasteiger partial charge in [0, 0.05) is 61.3 Å². The van der Waals surface area contributed by atoms with Crippen LogP contribution in [0, 0.1) is 0 Å². The van der Waals surface area contributed by atoms with Gasteiger partial charge in [-0.05, 0) is 120 Å². The number of unbranched alkanes of at least 4 members (excludes halogenated alkanes) is 6. The van der Waals surface area contributed by atoms with E-state index < -0.39 is 11.8 Å². The van der Waals surface area contributed by atoms with E-state index in [2.05, 4.69) is 123 Å². The van der Waals surface area contributed by atoms with E-state index in [1.54, 1.807) is 22.7 Å². The van der Waals surface area contributed by atoms with E-state index in [1.165, 1.54) is 94.3 Å². The van der Waals surface area contributed by atoms with E-state index >= 15 is 0 Å². The van der Waals surface area contributed by atoms with Crippen molar-refractivity contribution < 1.29 is 9.59 Å². The third kappa shape index (κ3) is 7.77. The molecule has 68 heavy (non-hydrogen) atoms. The lowest BCUT2D eigenvalue weighted by atomic mass is 9.62. The molecule has 0 spiro atoms. The zero-order valence-electron chi connectivity index (χ0n) is 37.7. The first-order valence-electron chi connectivity index (χ1n) is 23.7. The summed E-state index contributed by atoms with van der Waals surface area (Å²) in [5, 5.41) is 0. The normalized spacial score (nSPS) is 15.3. The largest absolute Gasteiger partial charge is 0.290 e. The molecule has 3 aliphatic rings. The first kappa shape index (κ1) is 43.9. The van der Waals surface area contributed by atoms with Crippen molar-refractivity contribution in [1.29, 1.82) is 0 Å². The SMILES string of the molecule is CCCCCCc1ccc(-c2ccc(-c3ccc(-c4ccc5c(c4)C4C(=O)C(=O)C5c5cc(-c6ccc(-c7ccc(-c8ccc(CCCCCC)s8)c8nsnc78)s6)ccc54)s3)c3nsnc23)s1. The average Bonchev–Trinajstić information content (AvgIpc) is 4.23. The Labute approximate surface area is 420 Å². The zero-order valence-corrected chi connectivity index (χ0v) is 42.6. The van der Waals surface area contributed by atoms with Gasteiger partial charge in [-0.2, -0.15) is 17.5 Å². The molecule has 4 aromatic carbocycles. The molecule has 0 saturated heterocycles. The number of aryl methyl sites for hydroxylation is 2. The maximum absolute atomic E-state index is 13.9. The van der Waals surface area contributed by atoms with Gasteiger partial charge >= 0.3 is 0 Å². The molecule has 10 aromatic rings. The molecule has 2 atom stereocenters. The van der Waals surface area contributed by atoms with Gasteiger partial charge in [0.25, 0.3) is 0 Å². The Balaban J connectivity index is 0.797. The molecule has 2 bridgehead atoms. The summed E-state index contributed by atoms with van der Waals surface area (Å²) >= 11 is 9.72. The predicted molar refractivity (Wildman–Crippen MR) is 288 cm³/mol. The van der Waals surface area contributed by atoms with Gasteiger partial charge in [-0.3, -0.25) is 9.59 Å². The molecule has 12 heteroatoms. The molecule has 13 rings (SSSR count). The highest BCUT2D eigenvalue weighted by Crippen LogP contribution is 2.52. The minimum Gasteiger partial charge on any atom is -0.290 e. The molecular weight excluding hydrogens is 953 g/mol. The number of carbonyl (C=O) groups excluding carboxylic acids is 2. The first-order chi connectivity index (χ1) is 33.4. The van der Waals surface area contributed by atoms with Crippen molar-refractivity contribution in [3.63, 3.8) is 0 Å². The lowest BCUT2D eigenvalue weighted by molar-refractivity contribution is -0.138. The van der Waals surface area contributed by atoms with Crippen LogP contribution < -0.4 is 0 Å². The van der Waals surface area contributed by atoms with Gasteiger partial charge in [0.15, 0.2) is 0 Å². The number of Topliss-reactive ketones (excluding diaryl/α,β-unsaturated/α-hetero) is 2. The number of thiophene rings is 4. The van der Waals surface area contributed by atoms with E-state index in [0.29, 0.717) is 0 Å². The number of benzene rings is 4. The van der Waals surface area contributed by atoms with E-state index in [9.17, 15) is 9.59 Å². The van der Waals surface area contributed by atoms with Gasteiger partial charge in [-0.25, -0.2) is 0 Å². The number of rotatable bonds is 16. The first-order valence-corrected chi connectivity index (χ1v) is 28.4. The molecule has 0 amide bonds. The summed E-state index contributed by atoms with van der Waals surface area (Å²) in [6, 6.07) is 39.2. The Morgan fingerprint density at radius 3 is 1.15 bits per heavy atom. The third-order valence-corrected chi connectivity index (χ3v) is 19.5. The second-order valence-electron chi connectivity index (χ2n) is 18.0. The van der Waals surface area contributed by atoms with E-state index in [0.717, 1.165) is 110 Å². The second-order valence-corrected chi connectivity index (χ2v) is 23.6. The summed E-state index contributed by atoms with van der Waals surface area (Å²) in [4.78, 5) is 37.5. The zero-order chi connectivity index (χ0) is 45.9. The summed E-state index contributed by atoms with van der Waals surface area (Å²) in [7, 11) is 0.